The van der Waals surface area contributed by atoms with Crippen LogP contribution < -0.4 is 5.56 Å². The van der Waals surface area contributed by atoms with Crippen LogP contribution in [0.25, 0.3) is 16.6 Å². The molecule has 1 aliphatic heterocycles. The van der Waals surface area contributed by atoms with Crippen molar-refractivity contribution in [2.45, 2.75) is 37.8 Å². The number of para-hydroxylation sites is 1. The molecule has 30 heavy (non-hydrogen) atoms. The van der Waals surface area contributed by atoms with Gasteiger partial charge in [-0.15, -0.1) is 0 Å². The smallest absolute Gasteiger partial charge is 0.266 e. The number of aromatic nitrogens is 2. The number of nitrogens with zero attached hydrogens (tertiary/aromatic N) is 3. The Morgan fingerprint density at radius 2 is 1.83 bits per heavy atom. The molecule has 7 heteroatoms. The molecule has 1 amide bonds. The van der Waals surface area contributed by atoms with Gasteiger partial charge in [0.05, 0.1) is 22.3 Å². The lowest BCUT2D eigenvalue weighted by Gasteiger charge is -2.20. The molecule has 4 rings (SSSR count). The first-order valence-electron chi connectivity index (χ1n) is 10.2. The second kappa shape index (κ2) is 9.23. The minimum absolute atomic E-state index is 0.0960. The van der Waals surface area contributed by atoms with Gasteiger partial charge in [0.25, 0.3) is 5.56 Å². The maximum Gasteiger partial charge on any atom is 0.266 e. The largest absolute Gasteiger partial charge is 0.342 e. The quantitative estimate of drug-likeness (QED) is 0.429. The minimum Gasteiger partial charge on any atom is -0.342 e. The van der Waals surface area contributed by atoms with Gasteiger partial charge in [-0.2, -0.15) is 0 Å². The molecule has 1 saturated heterocycles. The third-order valence-electron chi connectivity index (χ3n) is 5.44. The van der Waals surface area contributed by atoms with E-state index in [1.807, 2.05) is 36.1 Å². The minimum atomic E-state index is -0.157. The summed E-state index contributed by atoms with van der Waals surface area (Å²) in [5.74, 6) is 0.350. The molecule has 1 aliphatic rings. The van der Waals surface area contributed by atoms with Crippen LogP contribution in [0.5, 0.6) is 0 Å². The number of benzene rings is 2. The zero-order valence-electron chi connectivity index (χ0n) is 16.9. The second-order valence-corrected chi connectivity index (χ2v) is 8.95. The van der Waals surface area contributed by atoms with E-state index in [2.05, 4.69) is 0 Å². The van der Waals surface area contributed by atoms with Crippen LogP contribution in [0.1, 0.15) is 31.2 Å². The van der Waals surface area contributed by atoms with E-state index in [1.165, 1.54) is 24.6 Å². The number of thioether (sulfide) groups is 1. The number of aryl methyl sites for hydroxylation is 1. The topological polar surface area (TPSA) is 55.2 Å². The highest BCUT2D eigenvalue weighted by atomic mass is 35.5. The molecule has 156 valence electrons. The van der Waals surface area contributed by atoms with Crippen molar-refractivity contribution in [2.24, 2.45) is 0 Å². The average Bonchev–Trinajstić information content (AvgIpc) is 3.02. The highest BCUT2D eigenvalue weighted by Crippen LogP contribution is 2.25. The Morgan fingerprint density at radius 3 is 2.57 bits per heavy atom. The maximum atomic E-state index is 13.4. The first-order chi connectivity index (χ1) is 14.5. The number of hydrogen-bond acceptors (Lipinski definition) is 4. The van der Waals surface area contributed by atoms with Crippen LogP contribution in [-0.2, 0) is 4.79 Å². The fourth-order valence-electron chi connectivity index (χ4n) is 3.80. The molecule has 5 nitrogen and oxygen atoms in total. The first-order valence-corrected chi connectivity index (χ1v) is 11.6. The van der Waals surface area contributed by atoms with Crippen LogP contribution in [0.3, 0.4) is 0 Å². The summed E-state index contributed by atoms with van der Waals surface area (Å²) in [6, 6.07) is 12.8. The molecule has 0 radical (unpaired) electrons. The van der Waals surface area contributed by atoms with Crippen molar-refractivity contribution in [3.8, 4) is 5.69 Å². The van der Waals surface area contributed by atoms with E-state index in [1.54, 1.807) is 22.8 Å². The van der Waals surface area contributed by atoms with E-state index in [0.29, 0.717) is 21.1 Å². The summed E-state index contributed by atoms with van der Waals surface area (Å²) >= 11 is 7.45. The van der Waals surface area contributed by atoms with Crippen LogP contribution in [0.4, 0.5) is 0 Å². The van der Waals surface area contributed by atoms with Gasteiger partial charge in [0.1, 0.15) is 0 Å². The number of fused-ring (bicyclic) bond motifs is 1. The lowest BCUT2D eigenvalue weighted by molar-refractivity contribution is -0.128. The average molecular weight is 442 g/mol. The fraction of sp³-hybridized carbons (Fsp3) is 0.348. The maximum absolute atomic E-state index is 13.4. The van der Waals surface area contributed by atoms with Crippen molar-refractivity contribution in [2.75, 3.05) is 18.8 Å². The summed E-state index contributed by atoms with van der Waals surface area (Å²) in [5, 5.41) is 1.54. The van der Waals surface area contributed by atoms with Gasteiger partial charge in [-0.3, -0.25) is 14.2 Å². The summed E-state index contributed by atoms with van der Waals surface area (Å²) in [6.07, 6.45) is 4.46. The van der Waals surface area contributed by atoms with Crippen LogP contribution in [0.15, 0.2) is 52.4 Å². The Labute approximate surface area is 185 Å². The van der Waals surface area contributed by atoms with Gasteiger partial charge in [-0.25, -0.2) is 4.98 Å². The fourth-order valence-corrected chi connectivity index (χ4v) is 4.87. The molecule has 0 N–H and O–H groups in total. The van der Waals surface area contributed by atoms with Crippen molar-refractivity contribution in [3.05, 3.63) is 63.4 Å². The molecular weight excluding hydrogens is 418 g/mol. The Balaban J connectivity index is 1.73. The number of amides is 1. The number of carbonyl (C=O) groups is 1. The molecule has 0 unspecified atom stereocenters. The van der Waals surface area contributed by atoms with Crippen LogP contribution >= 0.6 is 23.4 Å². The molecule has 2 aromatic carbocycles. The van der Waals surface area contributed by atoms with E-state index in [4.69, 9.17) is 16.6 Å². The van der Waals surface area contributed by atoms with E-state index in [9.17, 15) is 9.59 Å². The molecule has 0 aliphatic carbocycles. The number of hydrogen-bond donors (Lipinski definition) is 0. The lowest BCUT2D eigenvalue weighted by atomic mass is 10.2. The first kappa shape index (κ1) is 20.9. The summed E-state index contributed by atoms with van der Waals surface area (Å²) in [7, 11) is 0. The third-order valence-corrected chi connectivity index (χ3v) is 6.60. The van der Waals surface area contributed by atoms with Crippen LogP contribution in [-0.4, -0.2) is 39.2 Å². The van der Waals surface area contributed by atoms with Gasteiger partial charge >= 0.3 is 0 Å². The normalized spacial score (nSPS) is 14.7. The Hall–Kier alpha value is -2.31. The van der Waals surface area contributed by atoms with Crippen LogP contribution in [0.2, 0.25) is 5.02 Å². The van der Waals surface area contributed by atoms with E-state index in [0.717, 1.165) is 37.2 Å². The highest BCUT2D eigenvalue weighted by Gasteiger charge is 2.19. The van der Waals surface area contributed by atoms with Crippen LogP contribution in [0, 0.1) is 6.92 Å². The Kier molecular flexibility index (Phi) is 6.44. The van der Waals surface area contributed by atoms with Gasteiger partial charge in [0.15, 0.2) is 5.16 Å². The van der Waals surface area contributed by atoms with Crippen molar-refractivity contribution < 1.29 is 4.79 Å². The van der Waals surface area contributed by atoms with E-state index in [-0.39, 0.29) is 17.2 Å². The molecule has 0 saturated carbocycles. The van der Waals surface area contributed by atoms with Crippen molar-refractivity contribution in [1.82, 2.24) is 14.5 Å². The van der Waals surface area contributed by atoms with E-state index >= 15 is 0 Å². The molecule has 2 heterocycles. The Bertz CT molecular complexity index is 1140. The molecular formula is C23H24ClN3O2S. The molecule has 0 spiro atoms. The Morgan fingerprint density at radius 1 is 1.10 bits per heavy atom. The SMILES string of the molecule is Cc1ccccc1-n1c(SCC(=O)N2CCCCCC2)nc2cc(Cl)ccc2c1=O. The van der Waals surface area contributed by atoms with Gasteiger partial charge in [-0.1, -0.05) is 54.4 Å². The summed E-state index contributed by atoms with van der Waals surface area (Å²) in [6.45, 7) is 3.58. The number of likely N-dealkylation sites (tertiary alicyclic amines) is 1. The van der Waals surface area contributed by atoms with Crippen molar-refractivity contribution >= 4 is 40.2 Å². The van der Waals surface area contributed by atoms with Gasteiger partial charge in [0.2, 0.25) is 5.91 Å². The highest BCUT2D eigenvalue weighted by molar-refractivity contribution is 7.99. The lowest BCUT2D eigenvalue weighted by Crippen LogP contribution is -2.33. The van der Waals surface area contributed by atoms with E-state index < -0.39 is 0 Å². The van der Waals surface area contributed by atoms with Crippen molar-refractivity contribution in [3.63, 3.8) is 0 Å². The molecule has 0 atom stereocenters. The molecule has 3 aromatic rings. The predicted octanol–water partition coefficient (Wildman–Crippen LogP) is 4.84. The van der Waals surface area contributed by atoms with Gasteiger partial charge in [-0.05, 0) is 49.6 Å². The zero-order valence-corrected chi connectivity index (χ0v) is 18.5. The standard InChI is InChI=1S/C23H24ClN3O2S/c1-16-8-4-5-9-20(16)27-22(29)18-11-10-17(24)14-19(18)25-23(27)30-15-21(28)26-12-6-2-3-7-13-26/h4-5,8-11,14H,2-3,6-7,12-13,15H2,1H3. The summed E-state index contributed by atoms with van der Waals surface area (Å²) in [5.41, 5.74) is 2.13. The predicted molar refractivity (Wildman–Crippen MR) is 123 cm³/mol. The third kappa shape index (κ3) is 4.40. The second-order valence-electron chi connectivity index (χ2n) is 7.57. The molecule has 0 bridgehead atoms. The van der Waals surface area contributed by atoms with Gasteiger partial charge < -0.3 is 4.90 Å². The van der Waals surface area contributed by atoms with Crippen molar-refractivity contribution in [1.29, 1.82) is 0 Å². The number of rotatable bonds is 4. The zero-order chi connectivity index (χ0) is 21.1. The number of carbonyl (C=O) groups excluding carboxylic acids is 1. The monoisotopic (exact) mass is 441 g/mol. The molecule has 1 aromatic heterocycles. The molecule has 1 fully saturated rings. The summed E-state index contributed by atoms with van der Waals surface area (Å²) in [4.78, 5) is 32.8. The number of halogens is 1. The van der Waals surface area contributed by atoms with Gasteiger partial charge in [0, 0.05) is 18.1 Å². The summed E-state index contributed by atoms with van der Waals surface area (Å²) < 4.78 is 1.62.